The molecule has 4 heteroatoms. The van der Waals surface area contributed by atoms with Crippen LogP contribution in [0.25, 0.3) is 0 Å². The maximum Gasteiger partial charge on any atom is 0.123 e. The molecule has 1 aromatic rings. The number of likely N-dealkylation sites (tertiary alicyclic amines) is 1. The molecular weight excluding hydrogens is 217 g/mol. The average molecular weight is 235 g/mol. The first-order valence-electron chi connectivity index (χ1n) is 6.19. The summed E-state index contributed by atoms with van der Waals surface area (Å²) >= 11 is 0. The molecule has 92 valence electrons. The minimum absolute atomic E-state index is 0.169. The van der Waals surface area contributed by atoms with Crippen LogP contribution in [-0.4, -0.2) is 31.1 Å². The Morgan fingerprint density at radius 3 is 2.76 bits per heavy atom. The monoisotopic (exact) mass is 235 g/mol. The molecule has 2 N–H and O–H groups in total. The van der Waals surface area contributed by atoms with Gasteiger partial charge in [-0.1, -0.05) is 12.1 Å². The highest BCUT2D eigenvalue weighted by Gasteiger charge is 2.39. The first-order valence-corrected chi connectivity index (χ1v) is 6.19. The maximum atomic E-state index is 12.9. The van der Waals surface area contributed by atoms with Crippen LogP contribution >= 0.6 is 0 Å². The van der Waals surface area contributed by atoms with E-state index < -0.39 is 0 Å². The Kier molecular flexibility index (Phi) is 2.86. The van der Waals surface area contributed by atoms with Crippen LogP contribution in [0.2, 0.25) is 0 Å². The van der Waals surface area contributed by atoms with Crippen LogP contribution in [0.5, 0.6) is 0 Å². The summed E-state index contributed by atoms with van der Waals surface area (Å²) in [7, 11) is 2.16. The molecule has 0 bridgehead atoms. The van der Waals surface area contributed by atoms with Crippen molar-refractivity contribution in [3.63, 3.8) is 0 Å². The van der Waals surface area contributed by atoms with Gasteiger partial charge in [-0.3, -0.25) is 5.43 Å². The molecule has 0 amide bonds. The molecule has 2 saturated heterocycles. The maximum absolute atomic E-state index is 12.9. The lowest BCUT2D eigenvalue weighted by Gasteiger charge is -2.33. The topological polar surface area (TPSA) is 27.3 Å². The van der Waals surface area contributed by atoms with Crippen molar-refractivity contribution < 1.29 is 4.39 Å². The molecule has 3 nitrogen and oxygen atoms in total. The highest BCUT2D eigenvalue weighted by Crippen LogP contribution is 2.33. The molecule has 0 aliphatic carbocycles. The molecule has 1 aromatic carbocycles. The summed E-state index contributed by atoms with van der Waals surface area (Å²) < 4.78 is 12.9. The fourth-order valence-corrected chi connectivity index (χ4v) is 2.97. The van der Waals surface area contributed by atoms with Crippen molar-refractivity contribution in [2.45, 2.75) is 18.5 Å². The van der Waals surface area contributed by atoms with Crippen LogP contribution in [-0.2, 0) is 0 Å². The number of nitrogens with one attached hydrogen (secondary N) is 2. The van der Waals surface area contributed by atoms with E-state index in [1.165, 1.54) is 24.1 Å². The number of fused-ring (bicyclic) bond motifs is 1. The van der Waals surface area contributed by atoms with Crippen LogP contribution in [0.4, 0.5) is 4.39 Å². The molecule has 0 aromatic heterocycles. The lowest BCUT2D eigenvalue weighted by molar-refractivity contribution is 0.185. The molecule has 3 unspecified atom stereocenters. The van der Waals surface area contributed by atoms with Crippen molar-refractivity contribution in [2.75, 3.05) is 20.1 Å². The molecule has 2 aliphatic heterocycles. The molecule has 2 heterocycles. The second-order valence-corrected chi connectivity index (χ2v) is 5.14. The SMILES string of the molecule is CN1CCC2NNC(c3ccc(F)cc3)C2C1. The summed E-state index contributed by atoms with van der Waals surface area (Å²) in [4.78, 5) is 2.37. The fourth-order valence-electron chi connectivity index (χ4n) is 2.97. The van der Waals surface area contributed by atoms with Crippen molar-refractivity contribution in [2.24, 2.45) is 5.92 Å². The summed E-state index contributed by atoms with van der Waals surface area (Å²) in [6, 6.07) is 7.68. The van der Waals surface area contributed by atoms with Crippen molar-refractivity contribution in [3.05, 3.63) is 35.6 Å². The summed E-state index contributed by atoms with van der Waals surface area (Å²) in [5.74, 6) is 0.399. The smallest absolute Gasteiger partial charge is 0.123 e. The third-order valence-electron chi connectivity index (χ3n) is 3.94. The molecular formula is C13H18FN3. The third-order valence-corrected chi connectivity index (χ3v) is 3.94. The van der Waals surface area contributed by atoms with E-state index in [4.69, 9.17) is 0 Å². The highest BCUT2D eigenvalue weighted by molar-refractivity contribution is 5.22. The third kappa shape index (κ3) is 2.08. The second kappa shape index (κ2) is 4.37. The molecule has 2 aliphatic rings. The quantitative estimate of drug-likeness (QED) is 0.768. The van der Waals surface area contributed by atoms with Crippen LogP contribution in [0.15, 0.2) is 24.3 Å². The Balaban J connectivity index is 1.81. The van der Waals surface area contributed by atoms with Crippen molar-refractivity contribution in [1.82, 2.24) is 15.8 Å². The average Bonchev–Trinajstić information content (AvgIpc) is 2.73. The van der Waals surface area contributed by atoms with Crippen molar-refractivity contribution in [3.8, 4) is 0 Å². The van der Waals surface area contributed by atoms with E-state index in [0.717, 1.165) is 13.1 Å². The van der Waals surface area contributed by atoms with E-state index in [-0.39, 0.29) is 5.82 Å². The Bertz CT molecular complexity index is 392. The van der Waals surface area contributed by atoms with Gasteiger partial charge in [0, 0.05) is 18.5 Å². The molecule has 0 saturated carbocycles. The van der Waals surface area contributed by atoms with E-state index >= 15 is 0 Å². The molecule has 17 heavy (non-hydrogen) atoms. The fraction of sp³-hybridized carbons (Fsp3) is 0.538. The number of hydrogen-bond donors (Lipinski definition) is 2. The summed E-state index contributed by atoms with van der Waals surface area (Å²) in [6.07, 6.45) is 1.17. The summed E-state index contributed by atoms with van der Waals surface area (Å²) in [6.45, 7) is 2.23. The molecule has 0 radical (unpaired) electrons. The Hall–Kier alpha value is -0.970. The van der Waals surface area contributed by atoms with E-state index in [0.29, 0.717) is 18.0 Å². The molecule has 3 atom stereocenters. The van der Waals surface area contributed by atoms with Crippen LogP contribution in [0.3, 0.4) is 0 Å². The zero-order chi connectivity index (χ0) is 11.8. The van der Waals surface area contributed by atoms with Crippen molar-refractivity contribution in [1.29, 1.82) is 0 Å². The van der Waals surface area contributed by atoms with Gasteiger partial charge in [-0.25, -0.2) is 9.82 Å². The van der Waals surface area contributed by atoms with Gasteiger partial charge in [-0.05, 0) is 37.7 Å². The van der Waals surface area contributed by atoms with Gasteiger partial charge in [0.15, 0.2) is 0 Å². The van der Waals surface area contributed by atoms with Gasteiger partial charge in [0.05, 0.1) is 6.04 Å². The van der Waals surface area contributed by atoms with E-state index in [1.54, 1.807) is 0 Å². The lowest BCUT2D eigenvalue weighted by atomic mass is 9.85. The number of piperidine rings is 1. The second-order valence-electron chi connectivity index (χ2n) is 5.14. The van der Waals surface area contributed by atoms with E-state index in [2.05, 4.69) is 22.8 Å². The van der Waals surface area contributed by atoms with Gasteiger partial charge in [-0.15, -0.1) is 0 Å². The normalized spacial score (nSPS) is 33.6. The van der Waals surface area contributed by atoms with Gasteiger partial charge in [-0.2, -0.15) is 0 Å². The minimum atomic E-state index is -0.169. The predicted molar refractivity (Wildman–Crippen MR) is 64.8 cm³/mol. The number of benzene rings is 1. The predicted octanol–water partition coefficient (Wildman–Crippen LogP) is 1.29. The number of hydrogen-bond acceptors (Lipinski definition) is 3. The number of hydrazine groups is 1. The number of rotatable bonds is 1. The van der Waals surface area contributed by atoms with Crippen LogP contribution in [0.1, 0.15) is 18.0 Å². The van der Waals surface area contributed by atoms with E-state index in [1.807, 2.05) is 12.1 Å². The zero-order valence-electron chi connectivity index (χ0n) is 9.99. The largest absolute Gasteiger partial charge is 0.306 e. The van der Waals surface area contributed by atoms with Crippen molar-refractivity contribution >= 4 is 0 Å². The lowest BCUT2D eigenvalue weighted by Crippen LogP contribution is -2.43. The molecule has 2 fully saturated rings. The summed E-state index contributed by atoms with van der Waals surface area (Å²) in [5, 5.41) is 0. The standard InChI is InChI=1S/C13H18FN3/c1-17-7-6-12-11(8-17)13(16-15-12)9-2-4-10(14)5-3-9/h2-5,11-13,15-16H,6-8H2,1H3. The van der Waals surface area contributed by atoms with Gasteiger partial charge < -0.3 is 4.90 Å². The van der Waals surface area contributed by atoms with E-state index in [9.17, 15) is 4.39 Å². The minimum Gasteiger partial charge on any atom is -0.306 e. The Labute approximate surface area is 101 Å². The van der Waals surface area contributed by atoms with Crippen LogP contribution < -0.4 is 10.9 Å². The summed E-state index contributed by atoms with van der Waals surface area (Å²) in [5.41, 5.74) is 7.90. The van der Waals surface area contributed by atoms with Crippen LogP contribution in [0, 0.1) is 11.7 Å². The Morgan fingerprint density at radius 1 is 1.24 bits per heavy atom. The van der Waals surface area contributed by atoms with Gasteiger partial charge in [0.2, 0.25) is 0 Å². The number of nitrogens with zero attached hydrogens (tertiary/aromatic N) is 1. The van der Waals surface area contributed by atoms with Gasteiger partial charge in [0.25, 0.3) is 0 Å². The first kappa shape index (κ1) is 11.1. The van der Waals surface area contributed by atoms with Gasteiger partial charge in [0.1, 0.15) is 5.82 Å². The zero-order valence-corrected chi connectivity index (χ0v) is 9.99. The first-order chi connectivity index (χ1) is 8.24. The molecule has 3 rings (SSSR count). The Morgan fingerprint density at radius 2 is 2.00 bits per heavy atom. The molecule has 0 spiro atoms. The van der Waals surface area contributed by atoms with Gasteiger partial charge >= 0.3 is 0 Å². The number of halogens is 1. The highest BCUT2D eigenvalue weighted by atomic mass is 19.1.